The minimum atomic E-state index is -3.43. The van der Waals surface area contributed by atoms with Gasteiger partial charge in [-0.05, 0) is 66.2 Å². The Morgan fingerprint density at radius 2 is 1.70 bits per heavy atom. The zero-order valence-corrected chi connectivity index (χ0v) is 23.1. The van der Waals surface area contributed by atoms with Crippen LogP contribution in [-0.4, -0.2) is 43.6 Å². The lowest BCUT2D eigenvalue weighted by Gasteiger charge is -2.16. The molecule has 0 saturated heterocycles. The maximum atomic E-state index is 13.0. The van der Waals surface area contributed by atoms with E-state index in [4.69, 9.17) is 23.2 Å². The summed E-state index contributed by atoms with van der Waals surface area (Å²) in [6, 6.07) is 14.2. The minimum Gasteiger partial charge on any atom is -0.508 e. The second-order valence-electron chi connectivity index (χ2n) is 8.49. The van der Waals surface area contributed by atoms with Gasteiger partial charge in [0.25, 0.3) is 0 Å². The summed E-state index contributed by atoms with van der Waals surface area (Å²) in [5, 5.41) is 23.0. The molecule has 3 aromatic rings. The van der Waals surface area contributed by atoms with Gasteiger partial charge in [-0.15, -0.1) is 0 Å². The SMILES string of the molecule is CP(=O)(C#Cc1cc(Cl)c(CN[C@@H](Cc2cccc(S(C)(=O)=O)c2)C(=O)O)c(Cl)c1)c1ccc(O)cc1. The predicted octanol–water partition coefficient (Wildman–Crippen LogP) is 4.52. The second-order valence-corrected chi connectivity index (χ2v) is 13.9. The van der Waals surface area contributed by atoms with Crippen LogP contribution in [0.2, 0.25) is 10.0 Å². The van der Waals surface area contributed by atoms with Gasteiger partial charge in [-0.2, -0.15) is 0 Å². The van der Waals surface area contributed by atoms with Crippen molar-refractivity contribution in [1.29, 1.82) is 0 Å². The first-order valence-corrected chi connectivity index (χ1v) is 15.7. The first-order valence-electron chi connectivity index (χ1n) is 10.9. The summed E-state index contributed by atoms with van der Waals surface area (Å²) in [4.78, 5) is 12.0. The third kappa shape index (κ3) is 7.85. The zero-order valence-electron chi connectivity index (χ0n) is 19.9. The number of phenols is 1. The molecule has 194 valence electrons. The van der Waals surface area contributed by atoms with Crippen LogP contribution in [0.15, 0.2) is 65.6 Å². The number of nitrogens with one attached hydrogen (secondary N) is 1. The molecule has 1 unspecified atom stereocenters. The van der Waals surface area contributed by atoms with Gasteiger partial charge in [-0.1, -0.05) is 41.3 Å². The van der Waals surface area contributed by atoms with E-state index in [-0.39, 0.29) is 33.7 Å². The molecule has 0 aliphatic rings. The lowest BCUT2D eigenvalue weighted by atomic mass is 10.1. The van der Waals surface area contributed by atoms with Crippen LogP contribution in [0.4, 0.5) is 0 Å². The van der Waals surface area contributed by atoms with Crippen molar-refractivity contribution in [3.63, 3.8) is 0 Å². The minimum absolute atomic E-state index is 0.0356. The molecule has 0 saturated carbocycles. The quantitative estimate of drug-likeness (QED) is 0.265. The van der Waals surface area contributed by atoms with Crippen LogP contribution in [0.1, 0.15) is 16.7 Å². The third-order valence-electron chi connectivity index (χ3n) is 5.49. The second kappa shape index (κ2) is 11.7. The van der Waals surface area contributed by atoms with Crippen LogP contribution in [0.25, 0.3) is 0 Å². The Kier molecular flexibility index (Phi) is 9.12. The lowest BCUT2D eigenvalue weighted by Crippen LogP contribution is -2.38. The van der Waals surface area contributed by atoms with Gasteiger partial charge >= 0.3 is 5.97 Å². The first kappa shape index (κ1) is 28.8. The van der Waals surface area contributed by atoms with Crippen molar-refractivity contribution >= 4 is 51.5 Å². The normalized spacial score (nSPS) is 13.7. The largest absolute Gasteiger partial charge is 0.508 e. The Morgan fingerprint density at radius 1 is 1.08 bits per heavy atom. The zero-order chi connectivity index (χ0) is 27.4. The standard InChI is InChI=1S/C26H24Cl2NO6PS/c1-36(33,20-8-6-19(30)7-9-20)11-10-18-13-23(27)22(24(28)14-18)16-29-25(26(31)32)15-17-4-3-5-21(12-17)37(2,34)35/h3-9,12-14,25,29-30H,15-16H2,1-2H3,(H,31,32)/t25-,36?/m0/s1. The number of hydrogen-bond donors (Lipinski definition) is 3. The van der Waals surface area contributed by atoms with E-state index >= 15 is 0 Å². The number of hydrogen-bond acceptors (Lipinski definition) is 6. The molecule has 0 aromatic heterocycles. The number of aromatic hydroxyl groups is 1. The van der Waals surface area contributed by atoms with Crippen molar-refractivity contribution in [3.05, 3.63) is 87.4 Å². The molecule has 0 heterocycles. The van der Waals surface area contributed by atoms with Crippen LogP contribution in [-0.2, 0) is 32.2 Å². The number of phenolic OH excluding ortho intramolecular Hbond substituents is 1. The van der Waals surface area contributed by atoms with Crippen molar-refractivity contribution in [3.8, 4) is 17.3 Å². The van der Waals surface area contributed by atoms with E-state index in [2.05, 4.69) is 16.9 Å². The summed E-state index contributed by atoms with van der Waals surface area (Å²) in [6.07, 6.45) is 1.13. The summed E-state index contributed by atoms with van der Waals surface area (Å²) >= 11 is 12.8. The Balaban J connectivity index is 1.76. The Morgan fingerprint density at radius 3 is 2.27 bits per heavy atom. The number of carbonyl (C=O) groups is 1. The maximum absolute atomic E-state index is 13.0. The molecule has 0 fully saturated rings. The summed E-state index contributed by atoms with van der Waals surface area (Å²) in [7, 11) is -6.46. The van der Waals surface area contributed by atoms with Crippen molar-refractivity contribution in [2.75, 3.05) is 12.9 Å². The van der Waals surface area contributed by atoms with Crippen molar-refractivity contribution in [2.24, 2.45) is 0 Å². The van der Waals surface area contributed by atoms with Gasteiger partial charge in [0.05, 0.1) is 4.90 Å². The molecule has 7 nitrogen and oxygen atoms in total. The molecule has 0 radical (unpaired) electrons. The number of halogens is 2. The fraction of sp³-hybridized carbons (Fsp3) is 0.192. The Hall–Kier alpha value is -2.79. The molecule has 3 N–H and O–H groups in total. The first-order chi connectivity index (χ1) is 17.3. The van der Waals surface area contributed by atoms with Crippen LogP contribution in [0.3, 0.4) is 0 Å². The van der Waals surface area contributed by atoms with E-state index in [0.29, 0.717) is 22.0 Å². The molecule has 3 aromatic carbocycles. The highest BCUT2D eigenvalue weighted by Gasteiger charge is 2.20. The highest BCUT2D eigenvalue weighted by molar-refractivity contribution is 7.90. The van der Waals surface area contributed by atoms with Crippen molar-refractivity contribution < 1.29 is 28.0 Å². The maximum Gasteiger partial charge on any atom is 0.321 e. The highest BCUT2D eigenvalue weighted by atomic mass is 35.5. The molecule has 3 rings (SSSR count). The molecule has 11 heteroatoms. The molecule has 0 bridgehead atoms. The number of carboxylic acid groups (broad SMARTS) is 1. The number of aliphatic carboxylic acids is 1. The van der Waals surface area contributed by atoms with Gasteiger partial charge in [0.1, 0.15) is 11.8 Å². The van der Waals surface area contributed by atoms with Gasteiger partial charge in [0.2, 0.25) is 0 Å². The number of benzene rings is 3. The van der Waals surface area contributed by atoms with Gasteiger partial charge in [0, 0.05) is 45.9 Å². The highest BCUT2D eigenvalue weighted by Crippen LogP contribution is 2.39. The third-order valence-corrected chi connectivity index (χ3v) is 9.09. The van der Waals surface area contributed by atoms with E-state index in [0.717, 1.165) is 6.26 Å². The van der Waals surface area contributed by atoms with Crippen LogP contribution < -0.4 is 10.6 Å². The molecule has 2 atom stereocenters. The molecular weight excluding hydrogens is 556 g/mol. The van der Waals surface area contributed by atoms with Crippen LogP contribution in [0, 0.1) is 11.6 Å². The average Bonchev–Trinajstić information content (AvgIpc) is 2.81. The van der Waals surface area contributed by atoms with E-state index in [9.17, 15) is 28.0 Å². The molecule has 0 spiro atoms. The van der Waals surface area contributed by atoms with E-state index in [1.807, 2.05) is 0 Å². The number of carboxylic acids is 1. The molecule has 0 aliphatic heterocycles. The summed E-state index contributed by atoms with van der Waals surface area (Å²) in [5.74, 6) is 1.78. The number of rotatable bonds is 8. The van der Waals surface area contributed by atoms with Gasteiger partial charge < -0.3 is 14.8 Å². The van der Waals surface area contributed by atoms with Crippen molar-refractivity contribution in [1.82, 2.24) is 5.32 Å². The molecular formula is C26H24Cl2NO6PS. The summed E-state index contributed by atoms with van der Waals surface area (Å²) in [5.41, 5.74) is 4.21. The molecule has 0 aliphatic carbocycles. The molecule has 0 amide bonds. The van der Waals surface area contributed by atoms with Gasteiger partial charge in [0.15, 0.2) is 17.0 Å². The topological polar surface area (TPSA) is 121 Å². The van der Waals surface area contributed by atoms with E-state index in [1.54, 1.807) is 36.4 Å². The average molecular weight is 580 g/mol. The smallest absolute Gasteiger partial charge is 0.321 e. The fourth-order valence-corrected chi connectivity index (χ4v) is 5.93. The lowest BCUT2D eigenvalue weighted by molar-refractivity contribution is -0.139. The van der Waals surface area contributed by atoms with E-state index < -0.39 is 29.0 Å². The molecule has 37 heavy (non-hydrogen) atoms. The van der Waals surface area contributed by atoms with Crippen LogP contribution >= 0.6 is 30.3 Å². The summed E-state index contributed by atoms with van der Waals surface area (Å²) < 4.78 is 36.6. The van der Waals surface area contributed by atoms with E-state index in [1.165, 1.54) is 30.9 Å². The van der Waals surface area contributed by atoms with Gasteiger partial charge in [-0.25, -0.2) is 8.42 Å². The predicted molar refractivity (Wildman–Crippen MR) is 146 cm³/mol. The van der Waals surface area contributed by atoms with Gasteiger partial charge in [-0.3, -0.25) is 10.1 Å². The fourth-order valence-electron chi connectivity index (χ4n) is 3.43. The summed E-state index contributed by atoms with van der Waals surface area (Å²) in [6.45, 7) is 1.55. The Bertz CT molecular complexity index is 1520. The monoisotopic (exact) mass is 579 g/mol. The van der Waals surface area contributed by atoms with Crippen LogP contribution in [0.5, 0.6) is 5.75 Å². The van der Waals surface area contributed by atoms with Crippen molar-refractivity contribution in [2.45, 2.75) is 23.9 Å². The number of sulfone groups is 1. The Labute approximate surface area is 225 Å².